The minimum Gasteiger partial charge on any atom is -0.464 e. The Hall–Kier alpha value is -1.85. The molecule has 0 spiro atoms. The number of hydrogen-bond acceptors (Lipinski definition) is 6. The van der Waals surface area contributed by atoms with Crippen LogP contribution < -0.4 is 4.18 Å². The molecule has 0 heterocycles. The van der Waals surface area contributed by atoms with Crippen molar-refractivity contribution in [3.8, 4) is 5.75 Å². The fourth-order valence-electron chi connectivity index (χ4n) is 2.87. The molecule has 2 aromatic carbocycles. The maximum absolute atomic E-state index is 13.1. The Labute approximate surface area is 186 Å². The van der Waals surface area contributed by atoms with E-state index < -0.39 is 39.1 Å². The van der Waals surface area contributed by atoms with Gasteiger partial charge in [-0.1, -0.05) is 24.3 Å². The molecule has 0 aliphatic heterocycles. The number of halogens is 4. The number of esters is 1. The number of hydrogen-bond donors (Lipinski definition) is 0. The van der Waals surface area contributed by atoms with Crippen LogP contribution in [-0.4, -0.2) is 32.1 Å². The molecule has 0 aliphatic rings. The van der Waals surface area contributed by atoms with Crippen molar-refractivity contribution in [2.45, 2.75) is 51.8 Å². The van der Waals surface area contributed by atoms with Gasteiger partial charge in [-0.2, -0.15) is 21.6 Å². The summed E-state index contributed by atoms with van der Waals surface area (Å²) in [6.07, 6.45) is -1.54. The third kappa shape index (κ3) is 5.50. The lowest BCUT2D eigenvalue weighted by atomic mass is 9.95. The molecule has 0 N–H and O–H groups in total. The topological polar surface area (TPSA) is 78.9 Å². The predicted molar refractivity (Wildman–Crippen MR) is 112 cm³/mol. The summed E-state index contributed by atoms with van der Waals surface area (Å²) >= 11 is 3.39. The number of carbonyl (C=O) groups excluding carboxylic acids is 1. The molecule has 0 fully saturated rings. The van der Waals surface area contributed by atoms with Crippen LogP contribution in [0.1, 0.15) is 44.9 Å². The van der Waals surface area contributed by atoms with Crippen LogP contribution in [0.4, 0.5) is 13.2 Å². The van der Waals surface area contributed by atoms with E-state index in [9.17, 15) is 26.4 Å². The number of rotatable bonds is 6. The van der Waals surface area contributed by atoms with Crippen molar-refractivity contribution in [3.05, 3.63) is 39.9 Å². The zero-order valence-electron chi connectivity index (χ0n) is 17.5. The zero-order chi connectivity index (χ0) is 23.8. The largest absolute Gasteiger partial charge is 0.534 e. The molecule has 0 aliphatic carbocycles. The fraction of sp³-hybridized carbons (Fsp3) is 0.450. The first kappa shape index (κ1) is 25.4. The van der Waals surface area contributed by atoms with Gasteiger partial charge in [-0.05, 0) is 61.5 Å². The lowest BCUT2D eigenvalue weighted by Gasteiger charge is -2.29. The molecule has 2 aromatic rings. The van der Waals surface area contributed by atoms with Gasteiger partial charge in [0.05, 0.1) is 12.2 Å². The van der Waals surface area contributed by atoms with Gasteiger partial charge in [-0.25, -0.2) is 4.79 Å². The highest BCUT2D eigenvalue weighted by atomic mass is 79.9. The minimum absolute atomic E-state index is 0.0202. The van der Waals surface area contributed by atoms with Crippen molar-refractivity contribution in [2.24, 2.45) is 0 Å². The van der Waals surface area contributed by atoms with Gasteiger partial charge < -0.3 is 13.7 Å². The van der Waals surface area contributed by atoms with E-state index in [2.05, 4.69) is 20.1 Å². The molecule has 0 saturated heterocycles. The average Bonchev–Trinajstić information content (AvgIpc) is 2.63. The van der Waals surface area contributed by atoms with Crippen LogP contribution in [0.15, 0.2) is 28.7 Å². The Morgan fingerprint density at radius 3 is 2.16 bits per heavy atom. The standard InChI is InChI=1S/C20H22BrF3O6S/c1-6-28-18(25)17(29-19(3,4)5)14-11(2)15(21)12-9-7-8-10-13(12)16(14)30-31(26,27)20(22,23)24/h7-10,17H,6H2,1-5H3/t17-/m0/s1. The second-order valence-corrected chi connectivity index (χ2v) is 9.90. The van der Waals surface area contributed by atoms with E-state index >= 15 is 0 Å². The van der Waals surface area contributed by atoms with Crippen LogP contribution >= 0.6 is 15.9 Å². The van der Waals surface area contributed by atoms with E-state index in [0.29, 0.717) is 9.86 Å². The van der Waals surface area contributed by atoms with E-state index in [0.717, 1.165) is 0 Å². The summed E-state index contributed by atoms with van der Waals surface area (Å²) in [6, 6.07) is 6.10. The van der Waals surface area contributed by atoms with Gasteiger partial charge in [0.15, 0.2) is 11.9 Å². The van der Waals surface area contributed by atoms with Crippen LogP contribution in [-0.2, 0) is 24.4 Å². The number of benzene rings is 2. The molecule has 1 atom stereocenters. The molecule has 0 amide bonds. The van der Waals surface area contributed by atoms with Gasteiger partial charge in [-0.15, -0.1) is 0 Å². The van der Waals surface area contributed by atoms with Gasteiger partial charge in [0, 0.05) is 15.4 Å². The van der Waals surface area contributed by atoms with E-state index in [1.54, 1.807) is 39.8 Å². The van der Waals surface area contributed by atoms with Crippen molar-refractivity contribution in [1.82, 2.24) is 0 Å². The number of alkyl halides is 3. The number of carbonyl (C=O) groups is 1. The first-order chi connectivity index (χ1) is 14.1. The van der Waals surface area contributed by atoms with Crippen LogP contribution in [0, 0.1) is 6.92 Å². The maximum Gasteiger partial charge on any atom is 0.534 e. The predicted octanol–water partition coefficient (Wildman–Crippen LogP) is 5.56. The molecule has 2 rings (SSSR count). The van der Waals surface area contributed by atoms with E-state index in [1.807, 2.05) is 0 Å². The highest BCUT2D eigenvalue weighted by molar-refractivity contribution is 9.10. The minimum atomic E-state index is -6.03. The van der Waals surface area contributed by atoms with Crippen molar-refractivity contribution < 1.29 is 40.0 Å². The summed E-state index contributed by atoms with van der Waals surface area (Å²) in [5.41, 5.74) is -6.50. The maximum atomic E-state index is 13.1. The van der Waals surface area contributed by atoms with Crippen LogP contribution in [0.5, 0.6) is 5.75 Å². The summed E-state index contributed by atoms with van der Waals surface area (Å²) in [6.45, 7) is 7.96. The highest BCUT2D eigenvalue weighted by Gasteiger charge is 2.49. The Bertz CT molecular complexity index is 1090. The smallest absolute Gasteiger partial charge is 0.464 e. The van der Waals surface area contributed by atoms with Crippen molar-refractivity contribution >= 4 is 42.8 Å². The molecule has 0 aromatic heterocycles. The van der Waals surface area contributed by atoms with Crippen molar-refractivity contribution in [3.63, 3.8) is 0 Å². The number of fused-ring (bicyclic) bond motifs is 1. The van der Waals surface area contributed by atoms with Gasteiger partial charge in [0.1, 0.15) is 0 Å². The Morgan fingerprint density at radius 2 is 1.68 bits per heavy atom. The van der Waals surface area contributed by atoms with Crippen LogP contribution in [0.3, 0.4) is 0 Å². The lowest BCUT2D eigenvalue weighted by molar-refractivity contribution is -0.167. The summed E-state index contributed by atoms with van der Waals surface area (Å²) < 4.78 is 79.1. The van der Waals surface area contributed by atoms with Gasteiger partial charge in [0.25, 0.3) is 0 Å². The lowest BCUT2D eigenvalue weighted by Crippen LogP contribution is -2.32. The molecule has 0 saturated carbocycles. The molecule has 0 unspecified atom stereocenters. The van der Waals surface area contributed by atoms with E-state index in [1.165, 1.54) is 19.1 Å². The SMILES string of the molecule is CCOC(=O)[C@@H](OC(C)(C)C)c1c(C)c(Br)c2ccccc2c1OS(=O)(=O)C(F)(F)F. The van der Waals surface area contributed by atoms with Crippen LogP contribution in [0.2, 0.25) is 0 Å². The summed E-state index contributed by atoms with van der Waals surface area (Å²) in [4.78, 5) is 12.7. The van der Waals surface area contributed by atoms with Crippen molar-refractivity contribution in [1.29, 1.82) is 0 Å². The summed E-state index contributed by atoms with van der Waals surface area (Å²) in [5, 5.41) is 0.448. The number of ether oxygens (including phenoxy) is 2. The molecule has 172 valence electrons. The first-order valence-electron chi connectivity index (χ1n) is 9.16. The van der Waals surface area contributed by atoms with Gasteiger partial charge in [0.2, 0.25) is 0 Å². The van der Waals surface area contributed by atoms with Crippen LogP contribution in [0.25, 0.3) is 10.8 Å². The van der Waals surface area contributed by atoms with E-state index in [4.69, 9.17) is 9.47 Å². The molecule has 0 radical (unpaired) electrons. The van der Waals surface area contributed by atoms with Gasteiger partial charge in [-0.3, -0.25) is 0 Å². The third-order valence-corrected chi connectivity index (χ3v) is 6.07. The van der Waals surface area contributed by atoms with Gasteiger partial charge >= 0.3 is 21.6 Å². The summed E-state index contributed by atoms with van der Waals surface area (Å²) in [5.74, 6) is -1.53. The second-order valence-electron chi connectivity index (χ2n) is 7.57. The Morgan fingerprint density at radius 1 is 1.13 bits per heavy atom. The molecular weight excluding hydrogens is 505 g/mol. The molecule has 0 bridgehead atoms. The monoisotopic (exact) mass is 526 g/mol. The normalized spacial score (nSPS) is 13.8. The average molecular weight is 527 g/mol. The zero-order valence-corrected chi connectivity index (χ0v) is 19.9. The van der Waals surface area contributed by atoms with Crippen molar-refractivity contribution in [2.75, 3.05) is 6.61 Å². The summed E-state index contributed by atoms with van der Waals surface area (Å²) in [7, 11) is -6.03. The first-order valence-corrected chi connectivity index (χ1v) is 11.4. The molecule has 31 heavy (non-hydrogen) atoms. The second kappa shape index (κ2) is 8.95. The molecular formula is C20H22BrF3O6S. The fourth-order valence-corrected chi connectivity index (χ4v) is 3.92. The molecule has 6 nitrogen and oxygen atoms in total. The molecule has 11 heteroatoms. The quantitative estimate of drug-likeness (QED) is 0.278. The Kier molecular flexibility index (Phi) is 7.34. The highest BCUT2D eigenvalue weighted by Crippen LogP contribution is 2.45. The Balaban J connectivity index is 2.94. The van der Waals surface area contributed by atoms with E-state index in [-0.39, 0.29) is 23.1 Å². The third-order valence-electron chi connectivity index (χ3n) is 4.10.